The zero-order chi connectivity index (χ0) is 15.5. The first-order valence-electron chi connectivity index (χ1n) is 6.66. The standard InChI is InChI=1S/C14H19NO4S2/c1-10-7-11(3-4-13(10)19-2)15-14(16)8-20-12-5-6-21(17,18)9-12/h3-4,7,12H,5-6,8-9H2,1-2H3,(H,15,16)/t12-/m1/s1. The number of methoxy groups -OCH3 is 1. The number of anilines is 1. The van der Waals surface area contributed by atoms with Gasteiger partial charge in [-0.15, -0.1) is 11.8 Å². The monoisotopic (exact) mass is 329 g/mol. The number of hydrogen-bond acceptors (Lipinski definition) is 5. The molecule has 21 heavy (non-hydrogen) atoms. The molecule has 0 aromatic heterocycles. The fraction of sp³-hybridized carbons (Fsp3) is 0.500. The first kappa shape index (κ1) is 16.2. The average Bonchev–Trinajstić information content (AvgIpc) is 2.76. The van der Waals surface area contributed by atoms with Crippen molar-refractivity contribution in [2.45, 2.75) is 18.6 Å². The Balaban J connectivity index is 1.83. The van der Waals surface area contributed by atoms with Crippen molar-refractivity contribution in [3.63, 3.8) is 0 Å². The first-order valence-corrected chi connectivity index (χ1v) is 9.53. The van der Waals surface area contributed by atoms with Crippen LogP contribution in [-0.2, 0) is 14.6 Å². The molecule has 1 aromatic carbocycles. The van der Waals surface area contributed by atoms with Gasteiger partial charge in [0, 0.05) is 10.9 Å². The molecule has 116 valence electrons. The second-order valence-electron chi connectivity index (χ2n) is 5.07. The molecule has 1 fully saturated rings. The number of ether oxygens (including phenoxy) is 1. The molecular formula is C14H19NO4S2. The lowest BCUT2D eigenvalue weighted by molar-refractivity contribution is -0.113. The zero-order valence-electron chi connectivity index (χ0n) is 12.1. The summed E-state index contributed by atoms with van der Waals surface area (Å²) in [4.78, 5) is 11.9. The van der Waals surface area contributed by atoms with Crippen LogP contribution in [-0.4, -0.2) is 43.9 Å². The smallest absolute Gasteiger partial charge is 0.234 e. The minimum Gasteiger partial charge on any atom is -0.496 e. The van der Waals surface area contributed by atoms with Crippen molar-refractivity contribution in [3.05, 3.63) is 23.8 Å². The van der Waals surface area contributed by atoms with Gasteiger partial charge in [0.05, 0.1) is 24.4 Å². The van der Waals surface area contributed by atoms with E-state index in [0.717, 1.165) is 17.0 Å². The summed E-state index contributed by atoms with van der Waals surface area (Å²) in [7, 11) is -1.28. The summed E-state index contributed by atoms with van der Waals surface area (Å²) < 4.78 is 27.9. The summed E-state index contributed by atoms with van der Waals surface area (Å²) in [5, 5.41) is 2.85. The molecule has 5 nitrogen and oxygen atoms in total. The maximum Gasteiger partial charge on any atom is 0.234 e. The van der Waals surface area contributed by atoms with E-state index in [0.29, 0.717) is 6.42 Å². The third kappa shape index (κ3) is 4.64. The van der Waals surface area contributed by atoms with Gasteiger partial charge in [-0.2, -0.15) is 0 Å². The minimum absolute atomic E-state index is 0.0401. The van der Waals surface area contributed by atoms with E-state index in [9.17, 15) is 13.2 Å². The highest BCUT2D eigenvalue weighted by Crippen LogP contribution is 2.25. The molecule has 1 heterocycles. The van der Waals surface area contributed by atoms with Gasteiger partial charge < -0.3 is 10.1 Å². The van der Waals surface area contributed by atoms with Gasteiger partial charge in [0.1, 0.15) is 5.75 Å². The summed E-state index contributed by atoms with van der Waals surface area (Å²) in [5.74, 6) is 1.36. The number of nitrogens with one attached hydrogen (secondary N) is 1. The van der Waals surface area contributed by atoms with E-state index in [4.69, 9.17) is 4.74 Å². The van der Waals surface area contributed by atoms with Gasteiger partial charge in [-0.3, -0.25) is 4.79 Å². The predicted molar refractivity (Wildman–Crippen MR) is 85.9 cm³/mol. The number of thioether (sulfide) groups is 1. The maximum atomic E-state index is 11.9. The number of carbonyl (C=O) groups excluding carboxylic acids is 1. The molecular weight excluding hydrogens is 310 g/mol. The van der Waals surface area contributed by atoms with Gasteiger partial charge in [-0.25, -0.2) is 8.42 Å². The molecule has 7 heteroatoms. The van der Waals surface area contributed by atoms with Gasteiger partial charge in [0.25, 0.3) is 0 Å². The van der Waals surface area contributed by atoms with Crippen molar-refractivity contribution in [1.29, 1.82) is 0 Å². The van der Waals surface area contributed by atoms with E-state index in [-0.39, 0.29) is 28.4 Å². The third-order valence-corrected chi connectivity index (χ3v) is 6.60. The van der Waals surface area contributed by atoms with Crippen LogP contribution in [0.15, 0.2) is 18.2 Å². The molecule has 1 atom stereocenters. The van der Waals surface area contributed by atoms with Crippen molar-refractivity contribution in [1.82, 2.24) is 0 Å². The van der Waals surface area contributed by atoms with Crippen molar-refractivity contribution < 1.29 is 17.9 Å². The number of rotatable bonds is 5. The SMILES string of the molecule is COc1ccc(NC(=O)CS[C@@H]2CCS(=O)(=O)C2)cc1C. The number of benzene rings is 1. The first-order chi connectivity index (χ1) is 9.89. The maximum absolute atomic E-state index is 11.9. The highest BCUT2D eigenvalue weighted by molar-refractivity contribution is 8.02. The molecule has 1 aromatic rings. The molecule has 0 saturated carbocycles. The molecule has 1 amide bonds. The molecule has 2 rings (SSSR count). The molecule has 0 bridgehead atoms. The van der Waals surface area contributed by atoms with Crippen LogP contribution < -0.4 is 10.1 Å². The minimum atomic E-state index is -2.88. The Morgan fingerprint density at radius 1 is 1.48 bits per heavy atom. The summed E-state index contributed by atoms with van der Waals surface area (Å²) in [5.41, 5.74) is 1.67. The Labute approximate surface area is 129 Å². The van der Waals surface area contributed by atoms with Gasteiger partial charge in [-0.1, -0.05) is 0 Å². The number of sulfone groups is 1. The zero-order valence-corrected chi connectivity index (χ0v) is 13.7. The van der Waals surface area contributed by atoms with E-state index in [2.05, 4.69) is 5.32 Å². The van der Waals surface area contributed by atoms with E-state index in [1.54, 1.807) is 13.2 Å². The number of hydrogen-bond donors (Lipinski definition) is 1. The van der Waals surface area contributed by atoms with E-state index in [1.165, 1.54) is 11.8 Å². The lowest BCUT2D eigenvalue weighted by Gasteiger charge is -2.10. The highest BCUT2D eigenvalue weighted by atomic mass is 32.2. The Morgan fingerprint density at radius 3 is 2.81 bits per heavy atom. The van der Waals surface area contributed by atoms with E-state index in [1.807, 2.05) is 19.1 Å². The second-order valence-corrected chi connectivity index (χ2v) is 8.59. The highest BCUT2D eigenvalue weighted by Gasteiger charge is 2.28. The van der Waals surface area contributed by atoms with Crippen LogP contribution in [0.1, 0.15) is 12.0 Å². The average molecular weight is 329 g/mol. The lowest BCUT2D eigenvalue weighted by Crippen LogP contribution is -2.17. The van der Waals surface area contributed by atoms with Crippen LogP contribution >= 0.6 is 11.8 Å². The van der Waals surface area contributed by atoms with E-state index >= 15 is 0 Å². The molecule has 1 aliphatic heterocycles. The molecule has 0 unspecified atom stereocenters. The largest absolute Gasteiger partial charge is 0.496 e. The van der Waals surface area contributed by atoms with Crippen LogP contribution in [0.4, 0.5) is 5.69 Å². The quantitative estimate of drug-likeness (QED) is 0.893. The lowest BCUT2D eigenvalue weighted by atomic mass is 10.2. The molecule has 0 aliphatic carbocycles. The van der Waals surface area contributed by atoms with Gasteiger partial charge in [0.2, 0.25) is 5.91 Å². The number of carbonyl (C=O) groups is 1. The Bertz CT molecular complexity index is 628. The molecule has 0 radical (unpaired) electrons. The van der Waals surface area contributed by atoms with Crippen LogP contribution in [0.25, 0.3) is 0 Å². The van der Waals surface area contributed by atoms with Crippen molar-refractivity contribution >= 4 is 33.2 Å². The van der Waals surface area contributed by atoms with Crippen LogP contribution in [0.5, 0.6) is 5.75 Å². The third-order valence-electron chi connectivity index (χ3n) is 3.32. The predicted octanol–water partition coefficient (Wildman–Crippen LogP) is 1.86. The summed E-state index contributed by atoms with van der Waals surface area (Å²) in [6, 6.07) is 5.44. The van der Waals surface area contributed by atoms with Gasteiger partial charge in [-0.05, 0) is 37.1 Å². The van der Waals surface area contributed by atoms with Crippen molar-refractivity contribution in [2.75, 3.05) is 29.7 Å². The van der Waals surface area contributed by atoms with Crippen molar-refractivity contribution in [2.24, 2.45) is 0 Å². The summed E-state index contributed by atoms with van der Waals surface area (Å²) in [6.07, 6.45) is 0.641. The van der Waals surface area contributed by atoms with Gasteiger partial charge >= 0.3 is 0 Å². The Hall–Kier alpha value is -1.21. The number of amides is 1. The second kappa shape index (κ2) is 6.70. The Morgan fingerprint density at radius 2 is 2.24 bits per heavy atom. The molecule has 1 saturated heterocycles. The van der Waals surface area contributed by atoms with Crippen LogP contribution in [0.3, 0.4) is 0 Å². The van der Waals surface area contributed by atoms with Crippen LogP contribution in [0.2, 0.25) is 0 Å². The van der Waals surface area contributed by atoms with E-state index < -0.39 is 9.84 Å². The molecule has 1 N–H and O–H groups in total. The van der Waals surface area contributed by atoms with Gasteiger partial charge in [0.15, 0.2) is 9.84 Å². The molecule has 0 spiro atoms. The summed E-state index contributed by atoms with van der Waals surface area (Å²) >= 11 is 1.41. The fourth-order valence-electron chi connectivity index (χ4n) is 2.24. The van der Waals surface area contributed by atoms with Crippen molar-refractivity contribution in [3.8, 4) is 5.75 Å². The van der Waals surface area contributed by atoms with Crippen LogP contribution in [0, 0.1) is 6.92 Å². The normalized spacial score (nSPS) is 20.2. The molecule has 1 aliphatic rings. The number of aryl methyl sites for hydroxylation is 1. The Kier molecular flexibility index (Phi) is 5.16. The summed E-state index contributed by atoms with van der Waals surface area (Å²) in [6.45, 7) is 1.91. The topological polar surface area (TPSA) is 72.5 Å². The fourth-order valence-corrected chi connectivity index (χ4v) is 5.68.